The topological polar surface area (TPSA) is 3.24 Å². The Kier molecular flexibility index (Phi) is 3.66. The van der Waals surface area contributed by atoms with Crippen LogP contribution in [-0.4, -0.2) is 22.3 Å². The highest BCUT2D eigenvalue weighted by Gasteiger charge is 2.17. The summed E-state index contributed by atoms with van der Waals surface area (Å²) in [5, 5.41) is 0. The molecule has 1 fully saturated rings. The standard InChI is InChI=1S/C8H15NS2/c1-9(8(10)11)7-5-3-2-4-6-7/h7H,2-6H2,1H3,(H,10,11). The van der Waals surface area contributed by atoms with Crippen LogP contribution in [0.2, 0.25) is 0 Å². The monoisotopic (exact) mass is 189 g/mol. The average Bonchev–Trinajstić information content (AvgIpc) is 2.05. The highest BCUT2D eigenvalue weighted by Crippen LogP contribution is 2.22. The van der Waals surface area contributed by atoms with Crippen LogP contribution in [0.1, 0.15) is 32.1 Å². The van der Waals surface area contributed by atoms with Crippen molar-refractivity contribution >= 4 is 29.2 Å². The second kappa shape index (κ2) is 4.31. The van der Waals surface area contributed by atoms with E-state index in [2.05, 4.69) is 17.5 Å². The molecule has 1 saturated carbocycles. The van der Waals surface area contributed by atoms with Gasteiger partial charge in [0.2, 0.25) is 0 Å². The van der Waals surface area contributed by atoms with E-state index in [0.717, 1.165) is 4.32 Å². The molecule has 0 bridgehead atoms. The molecule has 0 spiro atoms. The van der Waals surface area contributed by atoms with Crippen LogP contribution in [0.3, 0.4) is 0 Å². The van der Waals surface area contributed by atoms with Crippen molar-refractivity contribution in [2.75, 3.05) is 7.05 Å². The maximum atomic E-state index is 4.99. The van der Waals surface area contributed by atoms with Gasteiger partial charge in [-0.1, -0.05) is 31.5 Å². The van der Waals surface area contributed by atoms with E-state index in [1.54, 1.807) is 0 Å². The lowest BCUT2D eigenvalue weighted by Crippen LogP contribution is -2.34. The highest BCUT2D eigenvalue weighted by atomic mass is 32.1. The zero-order valence-corrected chi connectivity index (χ0v) is 8.63. The first-order valence-electron chi connectivity index (χ1n) is 4.17. The Balaban J connectivity index is 2.38. The lowest BCUT2D eigenvalue weighted by atomic mass is 9.95. The Morgan fingerprint density at radius 1 is 1.36 bits per heavy atom. The van der Waals surface area contributed by atoms with Crippen molar-refractivity contribution in [3.05, 3.63) is 0 Å². The van der Waals surface area contributed by atoms with E-state index >= 15 is 0 Å². The van der Waals surface area contributed by atoms with Gasteiger partial charge in [0, 0.05) is 13.1 Å². The van der Waals surface area contributed by atoms with Crippen LogP contribution in [0.15, 0.2) is 0 Å². The maximum Gasteiger partial charge on any atom is 0.133 e. The summed E-state index contributed by atoms with van der Waals surface area (Å²) in [6, 6.07) is 0.661. The van der Waals surface area contributed by atoms with Crippen molar-refractivity contribution in [1.82, 2.24) is 4.90 Å². The van der Waals surface area contributed by atoms with E-state index in [9.17, 15) is 0 Å². The molecule has 0 radical (unpaired) electrons. The number of thiol groups is 1. The van der Waals surface area contributed by atoms with Crippen molar-refractivity contribution in [2.24, 2.45) is 0 Å². The molecule has 1 aliphatic rings. The van der Waals surface area contributed by atoms with E-state index < -0.39 is 0 Å². The third-order valence-electron chi connectivity index (χ3n) is 2.42. The molecule has 0 aromatic carbocycles. The van der Waals surface area contributed by atoms with Crippen LogP contribution < -0.4 is 0 Å². The summed E-state index contributed by atoms with van der Waals surface area (Å²) in [5.41, 5.74) is 0. The highest BCUT2D eigenvalue weighted by molar-refractivity contribution is 8.10. The SMILES string of the molecule is CN(C(=S)S)C1CCCCC1. The van der Waals surface area contributed by atoms with Crippen molar-refractivity contribution in [3.63, 3.8) is 0 Å². The molecule has 64 valence electrons. The minimum Gasteiger partial charge on any atom is -0.358 e. The zero-order valence-electron chi connectivity index (χ0n) is 6.92. The molecule has 0 N–H and O–H groups in total. The molecule has 0 aliphatic heterocycles. The smallest absolute Gasteiger partial charge is 0.133 e. The van der Waals surface area contributed by atoms with Gasteiger partial charge in [0.25, 0.3) is 0 Å². The van der Waals surface area contributed by atoms with Crippen molar-refractivity contribution in [1.29, 1.82) is 0 Å². The predicted octanol–water partition coefficient (Wildman–Crippen LogP) is 2.47. The van der Waals surface area contributed by atoms with Gasteiger partial charge in [-0.2, -0.15) is 0 Å². The van der Waals surface area contributed by atoms with Crippen LogP contribution in [0.5, 0.6) is 0 Å². The van der Waals surface area contributed by atoms with E-state index in [1.165, 1.54) is 32.1 Å². The molecule has 0 saturated heterocycles. The van der Waals surface area contributed by atoms with E-state index in [1.807, 2.05) is 7.05 Å². The molecule has 0 atom stereocenters. The maximum absolute atomic E-state index is 4.99. The van der Waals surface area contributed by atoms with Gasteiger partial charge in [0.15, 0.2) is 0 Å². The average molecular weight is 189 g/mol. The Bertz CT molecular complexity index is 141. The minimum atomic E-state index is 0.661. The number of rotatable bonds is 1. The van der Waals surface area contributed by atoms with Gasteiger partial charge < -0.3 is 4.90 Å². The summed E-state index contributed by atoms with van der Waals surface area (Å²) in [6.45, 7) is 0. The lowest BCUT2D eigenvalue weighted by Gasteiger charge is -2.31. The van der Waals surface area contributed by atoms with Crippen molar-refractivity contribution in [2.45, 2.75) is 38.1 Å². The minimum absolute atomic E-state index is 0.661. The molecule has 1 nitrogen and oxygen atoms in total. The van der Waals surface area contributed by atoms with Crippen LogP contribution in [-0.2, 0) is 0 Å². The molecular formula is C8H15NS2. The fourth-order valence-corrected chi connectivity index (χ4v) is 1.94. The van der Waals surface area contributed by atoms with E-state index in [-0.39, 0.29) is 0 Å². The van der Waals surface area contributed by atoms with Crippen LogP contribution in [0, 0.1) is 0 Å². The van der Waals surface area contributed by atoms with Crippen molar-refractivity contribution in [3.8, 4) is 0 Å². The largest absolute Gasteiger partial charge is 0.358 e. The summed E-state index contributed by atoms with van der Waals surface area (Å²) < 4.78 is 0.733. The first-order chi connectivity index (χ1) is 5.22. The summed E-state index contributed by atoms with van der Waals surface area (Å²) in [7, 11) is 2.05. The summed E-state index contributed by atoms with van der Waals surface area (Å²) >= 11 is 9.15. The number of hydrogen-bond donors (Lipinski definition) is 1. The predicted molar refractivity (Wildman–Crippen MR) is 56.2 cm³/mol. The third kappa shape index (κ3) is 2.64. The normalized spacial score (nSPS) is 19.8. The van der Waals surface area contributed by atoms with Gasteiger partial charge in [-0.05, 0) is 12.8 Å². The number of nitrogens with zero attached hydrogens (tertiary/aromatic N) is 1. The second-order valence-corrected chi connectivity index (χ2v) is 4.30. The van der Waals surface area contributed by atoms with Gasteiger partial charge in [0.1, 0.15) is 4.32 Å². The molecule has 0 unspecified atom stereocenters. The van der Waals surface area contributed by atoms with Gasteiger partial charge >= 0.3 is 0 Å². The molecule has 0 aromatic heterocycles. The molecule has 1 rings (SSSR count). The molecule has 0 amide bonds. The summed E-state index contributed by atoms with van der Waals surface area (Å²) in [4.78, 5) is 2.12. The molecule has 1 aliphatic carbocycles. The van der Waals surface area contributed by atoms with Gasteiger partial charge in [0.05, 0.1) is 0 Å². The first kappa shape index (κ1) is 9.33. The molecule has 0 aromatic rings. The van der Waals surface area contributed by atoms with Crippen molar-refractivity contribution < 1.29 is 0 Å². The Labute approximate surface area is 79.6 Å². The Hall–Kier alpha value is 0.240. The molecule has 0 heterocycles. The molecular weight excluding hydrogens is 174 g/mol. The fraction of sp³-hybridized carbons (Fsp3) is 0.875. The van der Waals surface area contributed by atoms with E-state index in [4.69, 9.17) is 12.2 Å². The summed E-state index contributed by atoms with van der Waals surface area (Å²) in [5.74, 6) is 0. The number of thiocarbonyl (C=S) groups is 1. The quantitative estimate of drug-likeness (QED) is 0.498. The fourth-order valence-electron chi connectivity index (χ4n) is 1.62. The Morgan fingerprint density at radius 2 is 1.91 bits per heavy atom. The van der Waals surface area contributed by atoms with E-state index in [0.29, 0.717) is 6.04 Å². The zero-order chi connectivity index (χ0) is 8.27. The van der Waals surface area contributed by atoms with Gasteiger partial charge in [-0.3, -0.25) is 0 Å². The second-order valence-electron chi connectivity index (χ2n) is 3.19. The molecule has 11 heavy (non-hydrogen) atoms. The van der Waals surface area contributed by atoms with Crippen LogP contribution >= 0.6 is 24.8 Å². The molecule has 3 heteroatoms. The van der Waals surface area contributed by atoms with Crippen LogP contribution in [0.4, 0.5) is 0 Å². The van der Waals surface area contributed by atoms with Gasteiger partial charge in [-0.15, -0.1) is 12.6 Å². The van der Waals surface area contributed by atoms with Gasteiger partial charge in [-0.25, -0.2) is 0 Å². The van der Waals surface area contributed by atoms with Crippen LogP contribution in [0.25, 0.3) is 0 Å². The third-order valence-corrected chi connectivity index (χ3v) is 3.03. The first-order valence-corrected chi connectivity index (χ1v) is 5.03. The Morgan fingerprint density at radius 3 is 2.36 bits per heavy atom. The number of hydrogen-bond acceptors (Lipinski definition) is 1. The lowest BCUT2D eigenvalue weighted by molar-refractivity contribution is 0.285. The summed E-state index contributed by atoms with van der Waals surface area (Å²) in [6.07, 6.45) is 6.68.